The number of carbonyl (C=O) groups excluding carboxylic acids is 1. The van der Waals surface area contributed by atoms with Crippen LogP contribution in [0.3, 0.4) is 0 Å². The van der Waals surface area contributed by atoms with Crippen LogP contribution in [0.1, 0.15) is 43.2 Å². The highest BCUT2D eigenvalue weighted by Crippen LogP contribution is 2.49. The summed E-state index contributed by atoms with van der Waals surface area (Å²) >= 11 is 0. The summed E-state index contributed by atoms with van der Waals surface area (Å²) in [4.78, 5) is 12.3. The molecule has 2 aliphatic carbocycles. The second-order valence-electron chi connectivity index (χ2n) is 7.60. The molecule has 24 heavy (non-hydrogen) atoms. The molecule has 1 N–H and O–H groups in total. The van der Waals surface area contributed by atoms with Gasteiger partial charge >= 0.3 is 0 Å². The minimum absolute atomic E-state index is 0.141. The van der Waals surface area contributed by atoms with E-state index in [0.717, 1.165) is 24.1 Å². The van der Waals surface area contributed by atoms with Gasteiger partial charge in [-0.1, -0.05) is 36.2 Å². The van der Waals surface area contributed by atoms with E-state index in [1.165, 1.54) is 36.8 Å². The van der Waals surface area contributed by atoms with Crippen molar-refractivity contribution in [2.45, 2.75) is 45.6 Å². The number of hydrogen-bond acceptors (Lipinski definition) is 2. The van der Waals surface area contributed by atoms with Crippen molar-refractivity contribution >= 4 is 11.6 Å². The van der Waals surface area contributed by atoms with Gasteiger partial charge in [-0.05, 0) is 49.5 Å². The topological polar surface area (TPSA) is 46.9 Å². The highest BCUT2D eigenvalue weighted by atomic mass is 16.1. The van der Waals surface area contributed by atoms with Gasteiger partial charge in [0, 0.05) is 12.6 Å². The molecule has 2 bridgehead atoms. The molecule has 0 radical (unpaired) electrons. The van der Waals surface area contributed by atoms with Crippen LogP contribution in [0.5, 0.6) is 0 Å². The first-order valence-electron chi connectivity index (χ1n) is 9.03. The molecule has 2 aliphatic rings. The van der Waals surface area contributed by atoms with Gasteiger partial charge in [0.2, 0.25) is 5.91 Å². The van der Waals surface area contributed by atoms with Crippen molar-refractivity contribution in [3.8, 4) is 0 Å². The Labute approximate surface area is 143 Å². The lowest BCUT2D eigenvalue weighted by Crippen LogP contribution is -2.20. The maximum atomic E-state index is 12.3. The third kappa shape index (κ3) is 3.37. The van der Waals surface area contributed by atoms with Crippen LogP contribution in [0.2, 0.25) is 0 Å². The van der Waals surface area contributed by atoms with Crippen molar-refractivity contribution in [2.75, 3.05) is 5.32 Å². The Hall–Kier alpha value is -2.10. The molecule has 126 valence electrons. The van der Waals surface area contributed by atoms with Crippen LogP contribution >= 0.6 is 0 Å². The minimum Gasteiger partial charge on any atom is -0.323 e. The number of nitrogens with one attached hydrogen (secondary N) is 1. The molecule has 1 amide bonds. The summed E-state index contributed by atoms with van der Waals surface area (Å²) in [6.07, 6.45) is 9.65. The van der Waals surface area contributed by atoms with Gasteiger partial charge in [-0.15, -0.1) is 0 Å². The van der Waals surface area contributed by atoms with E-state index in [9.17, 15) is 4.79 Å². The molecule has 3 atom stereocenters. The summed E-state index contributed by atoms with van der Waals surface area (Å²) in [7, 11) is 0. The smallest absolute Gasteiger partial charge is 0.224 e. The molecule has 2 aromatic rings. The predicted octanol–water partition coefficient (Wildman–Crippen LogP) is 4.00. The summed E-state index contributed by atoms with van der Waals surface area (Å²) in [6, 6.07) is 8.45. The molecule has 0 aliphatic heterocycles. The first-order valence-corrected chi connectivity index (χ1v) is 9.03. The maximum Gasteiger partial charge on any atom is 0.224 e. The largest absolute Gasteiger partial charge is 0.323 e. The number of fused-ring (bicyclic) bond motifs is 2. The molecular formula is C20H25N3O. The van der Waals surface area contributed by atoms with Crippen LogP contribution in [-0.4, -0.2) is 15.7 Å². The fourth-order valence-corrected chi connectivity index (χ4v) is 4.47. The molecule has 1 aromatic heterocycles. The van der Waals surface area contributed by atoms with Crippen LogP contribution < -0.4 is 5.32 Å². The average Bonchev–Trinajstić information content (AvgIpc) is 3.27. The zero-order valence-corrected chi connectivity index (χ0v) is 14.2. The lowest BCUT2D eigenvalue weighted by Gasteiger charge is -2.20. The molecule has 2 saturated carbocycles. The Morgan fingerprint density at radius 3 is 2.79 bits per heavy atom. The molecule has 0 spiro atoms. The van der Waals surface area contributed by atoms with Crippen molar-refractivity contribution < 1.29 is 4.79 Å². The normalized spacial score (nSPS) is 25.1. The summed E-state index contributed by atoms with van der Waals surface area (Å²) in [5, 5.41) is 7.38. The van der Waals surface area contributed by atoms with Crippen LogP contribution in [0, 0.1) is 24.7 Å². The molecule has 4 rings (SSSR count). The van der Waals surface area contributed by atoms with E-state index in [4.69, 9.17) is 0 Å². The standard InChI is InChI=1S/C20H25N3O/c1-14-2-4-15(5-3-14)12-23-13-19(11-21-23)22-20(24)10-18-9-16-6-7-17(18)8-16/h2-5,11,13,16-18H,6-10,12H2,1H3,(H,22,24). The number of rotatable bonds is 5. The number of aromatic nitrogens is 2. The number of amides is 1. The van der Waals surface area contributed by atoms with Gasteiger partial charge in [0.05, 0.1) is 18.4 Å². The monoisotopic (exact) mass is 323 g/mol. The Morgan fingerprint density at radius 2 is 2.08 bits per heavy atom. The Kier molecular flexibility index (Phi) is 4.13. The summed E-state index contributed by atoms with van der Waals surface area (Å²) in [6.45, 7) is 2.81. The van der Waals surface area contributed by atoms with Gasteiger partial charge < -0.3 is 5.32 Å². The Morgan fingerprint density at radius 1 is 1.25 bits per heavy atom. The molecular weight excluding hydrogens is 298 g/mol. The van der Waals surface area contributed by atoms with Crippen LogP contribution in [-0.2, 0) is 11.3 Å². The number of nitrogens with zero attached hydrogens (tertiary/aromatic N) is 2. The molecule has 4 nitrogen and oxygen atoms in total. The van der Waals surface area contributed by atoms with Crippen LogP contribution in [0.15, 0.2) is 36.7 Å². The van der Waals surface area contributed by atoms with E-state index >= 15 is 0 Å². The van der Waals surface area contributed by atoms with E-state index in [1.54, 1.807) is 6.20 Å². The summed E-state index contributed by atoms with van der Waals surface area (Å²) in [5.74, 6) is 2.43. The lowest BCUT2D eigenvalue weighted by atomic mass is 9.86. The number of hydrogen-bond donors (Lipinski definition) is 1. The van der Waals surface area contributed by atoms with E-state index in [1.807, 2.05) is 10.9 Å². The number of benzene rings is 1. The summed E-state index contributed by atoms with van der Waals surface area (Å²) < 4.78 is 1.87. The van der Waals surface area contributed by atoms with Gasteiger partial charge in [0.1, 0.15) is 0 Å². The van der Waals surface area contributed by atoms with Crippen molar-refractivity contribution in [2.24, 2.45) is 17.8 Å². The van der Waals surface area contributed by atoms with E-state index < -0.39 is 0 Å². The first-order chi connectivity index (χ1) is 11.7. The fourth-order valence-electron chi connectivity index (χ4n) is 4.47. The molecule has 3 unspecified atom stereocenters. The highest BCUT2D eigenvalue weighted by molar-refractivity contribution is 5.90. The SMILES string of the molecule is Cc1ccc(Cn2cc(NC(=O)CC3CC4CCC3C4)cn2)cc1. The minimum atomic E-state index is 0.141. The molecule has 4 heteroatoms. The first kappa shape index (κ1) is 15.4. The Balaban J connectivity index is 1.31. The third-order valence-electron chi connectivity index (χ3n) is 5.71. The van der Waals surface area contributed by atoms with Crippen LogP contribution in [0.25, 0.3) is 0 Å². The average molecular weight is 323 g/mol. The van der Waals surface area contributed by atoms with E-state index in [0.29, 0.717) is 12.3 Å². The number of anilines is 1. The molecule has 0 saturated heterocycles. The third-order valence-corrected chi connectivity index (χ3v) is 5.71. The maximum absolute atomic E-state index is 12.3. The van der Waals surface area contributed by atoms with Crippen molar-refractivity contribution in [3.63, 3.8) is 0 Å². The van der Waals surface area contributed by atoms with Crippen LogP contribution in [0.4, 0.5) is 5.69 Å². The van der Waals surface area contributed by atoms with Crippen molar-refractivity contribution in [1.82, 2.24) is 9.78 Å². The van der Waals surface area contributed by atoms with Gasteiger partial charge in [-0.3, -0.25) is 9.48 Å². The van der Waals surface area contributed by atoms with Crippen molar-refractivity contribution in [1.29, 1.82) is 0 Å². The number of carbonyl (C=O) groups is 1. The molecule has 1 aromatic carbocycles. The zero-order chi connectivity index (χ0) is 16.5. The van der Waals surface area contributed by atoms with Gasteiger partial charge in [0.25, 0.3) is 0 Å². The second kappa shape index (κ2) is 6.42. The quantitative estimate of drug-likeness (QED) is 0.904. The molecule has 1 heterocycles. The molecule has 2 fully saturated rings. The lowest BCUT2D eigenvalue weighted by molar-refractivity contribution is -0.117. The highest BCUT2D eigenvalue weighted by Gasteiger charge is 2.40. The predicted molar refractivity (Wildman–Crippen MR) is 94.7 cm³/mol. The van der Waals surface area contributed by atoms with Gasteiger partial charge in [-0.25, -0.2) is 0 Å². The second-order valence-corrected chi connectivity index (χ2v) is 7.60. The number of aryl methyl sites for hydroxylation is 1. The van der Waals surface area contributed by atoms with Gasteiger partial charge in [-0.2, -0.15) is 5.10 Å². The van der Waals surface area contributed by atoms with Crippen molar-refractivity contribution in [3.05, 3.63) is 47.8 Å². The van der Waals surface area contributed by atoms with E-state index in [-0.39, 0.29) is 5.91 Å². The zero-order valence-electron chi connectivity index (χ0n) is 14.2. The van der Waals surface area contributed by atoms with E-state index in [2.05, 4.69) is 41.6 Å². The summed E-state index contributed by atoms with van der Waals surface area (Å²) in [5.41, 5.74) is 3.27. The Bertz CT molecular complexity index is 719. The van der Waals surface area contributed by atoms with Gasteiger partial charge in [0.15, 0.2) is 0 Å². The fraction of sp³-hybridized carbons (Fsp3) is 0.500.